The van der Waals surface area contributed by atoms with E-state index in [4.69, 9.17) is 15.0 Å². The number of carbonyl (C=O) groups excluding carboxylic acids is 1. The van der Waals surface area contributed by atoms with Gasteiger partial charge in [-0.25, -0.2) is 12.8 Å². The number of fused-ring (bicyclic) bond motifs is 1. The number of benzene rings is 2. The smallest absolute Gasteiger partial charge is 0.310 e. The van der Waals surface area contributed by atoms with Gasteiger partial charge in [0.05, 0.1) is 29.6 Å². The van der Waals surface area contributed by atoms with E-state index in [9.17, 15) is 17.6 Å². The molecule has 0 spiro atoms. The van der Waals surface area contributed by atoms with Gasteiger partial charge in [-0.05, 0) is 75.2 Å². The predicted octanol–water partition coefficient (Wildman–Crippen LogP) is 4.37. The van der Waals surface area contributed by atoms with Crippen molar-refractivity contribution in [2.45, 2.75) is 56.8 Å². The number of halogens is 1. The highest BCUT2D eigenvalue weighted by Gasteiger charge is 2.40. The minimum atomic E-state index is -4.14. The molecule has 0 saturated heterocycles. The van der Waals surface area contributed by atoms with Crippen LogP contribution in [0.3, 0.4) is 0 Å². The number of esters is 1. The van der Waals surface area contributed by atoms with Gasteiger partial charge in [-0.1, -0.05) is 11.2 Å². The highest BCUT2D eigenvalue weighted by atomic mass is 32.2. The molecule has 3 rings (SSSR count). The van der Waals surface area contributed by atoms with Gasteiger partial charge in [-0.2, -0.15) is 0 Å². The van der Waals surface area contributed by atoms with Crippen LogP contribution in [0.4, 0.5) is 10.1 Å². The Bertz CT molecular complexity index is 1190. The summed E-state index contributed by atoms with van der Waals surface area (Å²) < 4.78 is 53.0. The average Bonchev–Trinajstić information content (AvgIpc) is 2.71. The van der Waals surface area contributed by atoms with Crippen LogP contribution in [0, 0.1) is 5.82 Å². The van der Waals surface area contributed by atoms with Crippen molar-refractivity contribution in [2.75, 3.05) is 10.8 Å². The van der Waals surface area contributed by atoms with Crippen LogP contribution >= 0.6 is 0 Å². The molecule has 1 heterocycles. The molecule has 0 amide bonds. The number of hydrogen-bond acceptors (Lipinski definition) is 6. The van der Waals surface area contributed by atoms with E-state index in [1.165, 1.54) is 12.1 Å². The van der Waals surface area contributed by atoms with Gasteiger partial charge in [0, 0.05) is 4.91 Å². The standard InChI is InChI=1S/C22H25FN4O5S/c1-14-20(13-25-26-24)31-19-10-5-15(12-21(28)32-22(2,3)4)11-18(19)27(14)33(29,30)17-8-6-16(23)7-9-17/h5-11,14,20H,12-13H2,1-4H3/t14-,20+/m0/s1. The molecule has 0 N–H and O–H groups in total. The second-order valence-corrected chi connectivity index (χ2v) is 10.4. The predicted molar refractivity (Wildman–Crippen MR) is 120 cm³/mol. The van der Waals surface area contributed by atoms with Gasteiger partial charge in [0.25, 0.3) is 10.0 Å². The summed E-state index contributed by atoms with van der Waals surface area (Å²) >= 11 is 0. The Labute approximate surface area is 191 Å². The molecular weight excluding hydrogens is 451 g/mol. The fourth-order valence-corrected chi connectivity index (χ4v) is 5.18. The number of rotatable bonds is 6. The summed E-state index contributed by atoms with van der Waals surface area (Å²) in [5, 5.41) is 3.53. The van der Waals surface area contributed by atoms with Gasteiger partial charge in [0.15, 0.2) is 0 Å². The Kier molecular flexibility index (Phi) is 6.85. The second kappa shape index (κ2) is 9.29. The zero-order chi connectivity index (χ0) is 24.4. The number of carbonyl (C=O) groups is 1. The fourth-order valence-electron chi connectivity index (χ4n) is 3.50. The third kappa shape index (κ3) is 5.55. The van der Waals surface area contributed by atoms with Crippen LogP contribution in [-0.4, -0.2) is 38.7 Å². The highest BCUT2D eigenvalue weighted by Crippen LogP contribution is 2.40. The van der Waals surface area contributed by atoms with Crippen LogP contribution in [0.25, 0.3) is 10.4 Å². The summed E-state index contributed by atoms with van der Waals surface area (Å²) in [5.41, 5.74) is 8.80. The molecule has 176 valence electrons. The number of sulfonamides is 1. The van der Waals surface area contributed by atoms with E-state index in [0.717, 1.165) is 16.4 Å². The van der Waals surface area contributed by atoms with Gasteiger partial charge in [-0.3, -0.25) is 9.10 Å². The van der Waals surface area contributed by atoms with Crippen LogP contribution in [0.2, 0.25) is 0 Å². The van der Waals surface area contributed by atoms with E-state index in [1.807, 2.05) is 0 Å². The third-order valence-electron chi connectivity index (χ3n) is 4.91. The highest BCUT2D eigenvalue weighted by molar-refractivity contribution is 7.92. The number of hydrogen-bond donors (Lipinski definition) is 0. The molecule has 33 heavy (non-hydrogen) atoms. The normalized spacial score (nSPS) is 18.0. The third-order valence-corrected chi connectivity index (χ3v) is 6.83. The molecule has 0 aliphatic carbocycles. The van der Waals surface area contributed by atoms with Crippen molar-refractivity contribution in [3.63, 3.8) is 0 Å². The number of anilines is 1. The fraction of sp³-hybridized carbons (Fsp3) is 0.409. The summed E-state index contributed by atoms with van der Waals surface area (Å²) in [6.45, 7) is 6.81. The molecule has 0 aromatic heterocycles. The molecule has 2 aromatic rings. The molecule has 1 aliphatic rings. The van der Waals surface area contributed by atoms with Crippen LogP contribution in [0.1, 0.15) is 33.3 Å². The Balaban J connectivity index is 2.06. The number of ether oxygens (including phenoxy) is 2. The molecule has 0 fully saturated rings. The minimum Gasteiger partial charge on any atom is -0.486 e. The minimum absolute atomic E-state index is 0.0640. The average molecular weight is 477 g/mol. The zero-order valence-corrected chi connectivity index (χ0v) is 19.5. The van der Waals surface area contributed by atoms with Gasteiger partial charge < -0.3 is 9.47 Å². The van der Waals surface area contributed by atoms with Crippen molar-refractivity contribution in [1.29, 1.82) is 0 Å². The SMILES string of the molecule is C[C@H]1[C@@H](CN=[N+]=[N-])Oc2ccc(CC(=O)OC(C)(C)C)cc2N1S(=O)(=O)c1ccc(F)cc1. The van der Waals surface area contributed by atoms with E-state index in [-0.39, 0.29) is 29.3 Å². The van der Waals surface area contributed by atoms with E-state index in [2.05, 4.69) is 10.0 Å². The van der Waals surface area contributed by atoms with Crippen LogP contribution in [0.5, 0.6) is 5.75 Å². The summed E-state index contributed by atoms with van der Waals surface area (Å²) in [6, 6.07) is 8.50. The number of nitrogens with zero attached hydrogens (tertiary/aromatic N) is 4. The summed E-state index contributed by atoms with van der Waals surface area (Å²) in [4.78, 5) is 14.9. The maximum atomic E-state index is 13.6. The monoisotopic (exact) mass is 476 g/mol. The van der Waals surface area contributed by atoms with E-state index in [0.29, 0.717) is 5.56 Å². The largest absolute Gasteiger partial charge is 0.486 e. The van der Waals surface area contributed by atoms with E-state index < -0.39 is 39.6 Å². The summed E-state index contributed by atoms with van der Waals surface area (Å²) in [5.74, 6) is -0.767. The molecular formula is C22H25FN4O5S. The lowest BCUT2D eigenvalue weighted by Gasteiger charge is -2.40. The molecule has 0 bridgehead atoms. The first-order valence-electron chi connectivity index (χ1n) is 10.2. The van der Waals surface area contributed by atoms with Gasteiger partial charge in [0.2, 0.25) is 0 Å². The maximum absolute atomic E-state index is 13.6. The van der Waals surface area contributed by atoms with E-state index in [1.54, 1.807) is 45.9 Å². The lowest BCUT2D eigenvalue weighted by molar-refractivity contribution is -0.153. The van der Waals surface area contributed by atoms with Gasteiger partial charge in [0.1, 0.15) is 23.3 Å². The second-order valence-electron chi connectivity index (χ2n) is 8.63. The van der Waals surface area contributed by atoms with Crippen molar-refractivity contribution in [2.24, 2.45) is 5.11 Å². The van der Waals surface area contributed by atoms with Crippen molar-refractivity contribution in [3.8, 4) is 5.75 Å². The summed E-state index contributed by atoms with van der Waals surface area (Å²) in [6.07, 6.45) is -0.814. The van der Waals surface area contributed by atoms with Gasteiger partial charge in [-0.15, -0.1) is 0 Å². The summed E-state index contributed by atoms with van der Waals surface area (Å²) in [7, 11) is -4.14. The zero-order valence-electron chi connectivity index (χ0n) is 18.7. The van der Waals surface area contributed by atoms with Crippen molar-refractivity contribution in [1.82, 2.24) is 0 Å². The number of azide groups is 1. The van der Waals surface area contributed by atoms with Crippen LogP contribution in [0.15, 0.2) is 52.5 Å². The first kappa shape index (κ1) is 24.3. The molecule has 1 aliphatic heterocycles. The Hall–Kier alpha value is -3.30. The molecule has 0 unspecified atom stereocenters. The van der Waals surface area contributed by atoms with E-state index >= 15 is 0 Å². The van der Waals surface area contributed by atoms with Crippen molar-refractivity contribution < 1.29 is 27.1 Å². The first-order valence-corrected chi connectivity index (χ1v) is 11.7. The quantitative estimate of drug-likeness (QED) is 0.265. The van der Waals surface area contributed by atoms with Crippen molar-refractivity contribution in [3.05, 3.63) is 64.3 Å². The Morgan fingerprint density at radius 3 is 2.52 bits per heavy atom. The maximum Gasteiger partial charge on any atom is 0.310 e. The molecule has 2 aromatic carbocycles. The molecule has 11 heteroatoms. The van der Waals surface area contributed by atoms with Crippen LogP contribution in [-0.2, 0) is 26.0 Å². The molecule has 0 saturated carbocycles. The molecule has 2 atom stereocenters. The van der Waals surface area contributed by atoms with Crippen molar-refractivity contribution >= 4 is 21.7 Å². The Morgan fingerprint density at radius 1 is 1.24 bits per heavy atom. The molecule has 0 radical (unpaired) electrons. The topological polar surface area (TPSA) is 122 Å². The van der Waals surface area contributed by atoms with Gasteiger partial charge >= 0.3 is 5.97 Å². The van der Waals surface area contributed by atoms with Crippen LogP contribution < -0.4 is 9.04 Å². The first-order chi connectivity index (χ1) is 15.4. The lowest BCUT2D eigenvalue weighted by Crippen LogP contribution is -2.52. The Morgan fingerprint density at radius 2 is 1.91 bits per heavy atom. The lowest BCUT2D eigenvalue weighted by atomic mass is 10.1. The molecule has 9 nitrogen and oxygen atoms in total.